The van der Waals surface area contributed by atoms with E-state index in [1.807, 2.05) is 18.7 Å². The van der Waals surface area contributed by atoms with Gasteiger partial charge in [0.15, 0.2) is 11.0 Å². The molecule has 1 spiro atoms. The molecule has 0 aromatic carbocycles. The summed E-state index contributed by atoms with van der Waals surface area (Å²) in [6.45, 7) is 3.71. The van der Waals surface area contributed by atoms with E-state index in [-0.39, 0.29) is 17.0 Å². The number of thioether (sulfide) groups is 1. The molecule has 2 heterocycles. The van der Waals surface area contributed by atoms with Crippen LogP contribution in [-0.2, 0) is 14.3 Å². The van der Waals surface area contributed by atoms with E-state index < -0.39 is 6.10 Å². The Morgan fingerprint density at radius 2 is 2.27 bits per heavy atom. The molecule has 2 saturated heterocycles. The summed E-state index contributed by atoms with van der Waals surface area (Å²) in [6.07, 6.45) is 4.99. The quantitative estimate of drug-likeness (QED) is 0.465. The zero-order chi connectivity index (χ0) is 10.6. The SMILES string of the molecule is C[C@@H]1O[C@@]2(SC3C=CC2C3)[C@H](C)OC1=O. The molecule has 15 heavy (non-hydrogen) atoms. The van der Waals surface area contributed by atoms with E-state index in [0.717, 1.165) is 6.42 Å². The van der Waals surface area contributed by atoms with Crippen molar-refractivity contribution < 1.29 is 14.3 Å². The standard InChI is InChI=1S/C11H14O3S/c1-6-10(12)13-7(2)11(14-6)8-3-4-9(5-8)15-11/h3-4,6-9H,5H2,1-2H3/t6-,7-,8?,9?,11+/m0/s1. The molecule has 4 heteroatoms. The van der Waals surface area contributed by atoms with Gasteiger partial charge in [-0.15, -0.1) is 11.8 Å². The van der Waals surface area contributed by atoms with Crippen molar-refractivity contribution in [1.29, 1.82) is 0 Å². The van der Waals surface area contributed by atoms with Crippen LogP contribution in [0.1, 0.15) is 20.3 Å². The summed E-state index contributed by atoms with van der Waals surface area (Å²) in [4.78, 5) is 11.1. The maximum atomic E-state index is 11.4. The Labute approximate surface area is 93.2 Å². The lowest BCUT2D eigenvalue weighted by molar-refractivity contribution is -0.207. The van der Waals surface area contributed by atoms with Gasteiger partial charge in [0.1, 0.15) is 6.10 Å². The van der Waals surface area contributed by atoms with Crippen LogP contribution >= 0.6 is 11.8 Å². The van der Waals surface area contributed by atoms with Gasteiger partial charge >= 0.3 is 5.97 Å². The van der Waals surface area contributed by atoms with Gasteiger partial charge in [-0.05, 0) is 20.3 Å². The summed E-state index contributed by atoms with van der Waals surface area (Å²) in [5.41, 5.74) is 0. The highest BCUT2D eigenvalue weighted by Crippen LogP contribution is 2.57. The topological polar surface area (TPSA) is 35.5 Å². The molecule has 2 aliphatic heterocycles. The molecule has 3 aliphatic rings. The lowest BCUT2D eigenvalue weighted by Crippen LogP contribution is -2.54. The fourth-order valence-electron chi connectivity index (χ4n) is 2.66. The van der Waals surface area contributed by atoms with Crippen molar-refractivity contribution in [2.45, 2.75) is 42.7 Å². The third kappa shape index (κ3) is 1.21. The Morgan fingerprint density at radius 3 is 2.87 bits per heavy atom. The van der Waals surface area contributed by atoms with Crippen molar-refractivity contribution in [3.05, 3.63) is 12.2 Å². The van der Waals surface area contributed by atoms with Crippen molar-refractivity contribution in [3.8, 4) is 0 Å². The van der Waals surface area contributed by atoms with Crippen LogP contribution in [0.5, 0.6) is 0 Å². The summed E-state index contributed by atoms with van der Waals surface area (Å²) in [7, 11) is 0. The molecule has 82 valence electrons. The molecule has 2 unspecified atom stereocenters. The fourth-order valence-corrected chi connectivity index (χ4v) is 4.40. The van der Waals surface area contributed by atoms with E-state index in [2.05, 4.69) is 12.2 Å². The van der Waals surface area contributed by atoms with Crippen LogP contribution in [-0.4, -0.2) is 28.4 Å². The van der Waals surface area contributed by atoms with Crippen LogP contribution in [0.25, 0.3) is 0 Å². The second-order valence-electron chi connectivity index (χ2n) is 4.44. The molecule has 3 nitrogen and oxygen atoms in total. The summed E-state index contributed by atoms with van der Waals surface area (Å²) in [5.74, 6) is 0.165. The average molecular weight is 226 g/mol. The Kier molecular flexibility index (Phi) is 1.95. The fraction of sp³-hybridized carbons (Fsp3) is 0.727. The van der Waals surface area contributed by atoms with Crippen molar-refractivity contribution in [3.63, 3.8) is 0 Å². The van der Waals surface area contributed by atoms with Crippen LogP contribution < -0.4 is 0 Å². The number of carbonyl (C=O) groups excluding carboxylic acids is 1. The molecule has 2 fully saturated rings. The Hall–Kier alpha value is -0.480. The van der Waals surface area contributed by atoms with E-state index in [9.17, 15) is 4.79 Å². The highest BCUT2D eigenvalue weighted by molar-refractivity contribution is 8.01. The number of hydrogen-bond acceptors (Lipinski definition) is 4. The molecule has 0 radical (unpaired) electrons. The summed E-state index contributed by atoms with van der Waals surface area (Å²) >= 11 is 1.81. The maximum Gasteiger partial charge on any atom is 0.335 e. The van der Waals surface area contributed by atoms with Gasteiger partial charge in [-0.1, -0.05) is 12.2 Å². The normalized spacial score (nSPS) is 52.5. The van der Waals surface area contributed by atoms with Gasteiger partial charge in [0, 0.05) is 11.2 Å². The smallest absolute Gasteiger partial charge is 0.335 e. The van der Waals surface area contributed by atoms with Crippen molar-refractivity contribution in [2.75, 3.05) is 0 Å². The molecule has 3 rings (SSSR count). The van der Waals surface area contributed by atoms with Gasteiger partial charge in [-0.25, -0.2) is 4.79 Å². The number of fused-ring (bicyclic) bond motifs is 3. The van der Waals surface area contributed by atoms with Crippen molar-refractivity contribution in [1.82, 2.24) is 0 Å². The molecule has 0 amide bonds. The van der Waals surface area contributed by atoms with Crippen LogP contribution in [0.4, 0.5) is 0 Å². The third-order valence-corrected chi connectivity index (χ3v) is 5.20. The molecular formula is C11H14O3S. The number of hydrogen-bond donors (Lipinski definition) is 0. The van der Waals surface area contributed by atoms with Crippen LogP contribution in [0, 0.1) is 5.92 Å². The molecular weight excluding hydrogens is 212 g/mol. The average Bonchev–Trinajstić information content (AvgIpc) is 2.75. The zero-order valence-electron chi connectivity index (χ0n) is 8.80. The second kappa shape index (κ2) is 3.01. The summed E-state index contributed by atoms with van der Waals surface area (Å²) < 4.78 is 11.3. The Morgan fingerprint density at radius 1 is 1.47 bits per heavy atom. The summed E-state index contributed by atoms with van der Waals surface area (Å²) in [5, 5.41) is 0.543. The van der Waals surface area contributed by atoms with Gasteiger partial charge in [-0.2, -0.15) is 0 Å². The number of rotatable bonds is 0. The minimum atomic E-state index is -0.429. The number of cyclic esters (lactones) is 1. The van der Waals surface area contributed by atoms with Gasteiger partial charge in [0.2, 0.25) is 0 Å². The predicted molar refractivity (Wildman–Crippen MR) is 57.5 cm³/mol. The number of esters is 1. The first-order valence-corrected chi connectivity index (χ1v) is 6.24. The van der Waals surface area contributed by atoms with E-state index in [4.69, 9.17) is 9.47 Å². The second-order valence-corrected chi connectivity index (χ2v) is 5.92. The van der Waals surface area contributed by atoms with E-state index >= 15 is 0 Å². The molecule has 0 N–H and O–H groups in total. The van der Waals surface area contributed by atoms with E-state index in [0.29, 0.717) is 11.2 Å². The first-order valence-electron chi connectivity index (χ1n) is 5.36. The highest BCUT2D eigenvalue weighted by atomic mass is 32.2. The van der Waals surface area contributed by atoms with E-state index in [1.54, 1.807) is 6.92 Å². The molecule has 0 aromatic rings. The first-order chi connectivity index (χ1) is 7.12. The third-order valence-electron chi connectivity index (χ3n) is 3.45. The van der Waals surface area contributed by atoms with Crippen molar-refractivity contribution >= 4 is 17.7 Å². The Balaban J connectivity index is 1.92. The van der Waals surface area contributed by atoms with Crippen molar-refractivity contribution in [2.24, 2.45) is 5.92 Å². The lowest BCUT2D eigenvalue weighted by atomic mass is 9.96. The number of carbonyl (C=O) groups is 1. The first kappa shape index (κ1) is 9.73. The minimum absolute atomic E-state index is 0.147. The van der Waals surface area contributed by atoms with Crippen LogP contribution in [0.3, 0.4) is 0 Å². The van der Waals surface area contributed by atoms with Gasteiger partial charge < -0.3 is 9.47 Å². The molecule has 1 aliphatic carbocycles. The Bertz CT molecular complexity index is 341. The zero-order valence-corrected chi connectivity index (χ0v) is 9.62. The highest BCUT2D eigenvalue weighted by Gasteiger charge is 2.58. The largest absolute Gasteiger partial charge is 0.457 e. The molecule has 0 saturated carbocycles. The lowest BCUT2D eigenvalue weighted by Gasteiger charge is -2.44. The van der Waals surface area contributed by atoms with Crippen LogP contribution in [0.15, 0.2) is 12.2 Å². The van der Waals surface area contributed by atoms with Gasteiger partial charge in [0.05, 0.1) is 0 Å². The maximum absolute atomic E-state index is 11.4. The number of ether oxygens (including phenoxy) is 2. The van der Waals surface area contributed by atoms with Gasteiger partial charge in [0.25, 0.3) is 0 Å². The van der Waals surface area contributed by atoms with Crippen LogP contribution in [0.2, 0.25) is 0 Å². The minimum Gasteiger partial charge on any atom is -0.457 e. The molecule has 5 atom stereocenters. The predicted octanol–water partition coefficient (Wildman–Crippen LogP) is 1.72. The monoisotopic (exact) mass is 226 g/mol. The molecule has 2 bridgehead atoms. The van der Waals surface area contributed by atoms with E-state index in [1.165, 1.54) is 0 Å². The summed E-state index contributed by atoms with van der Waals surface area (Å²) in [6, 6.07) is 0. The molecule has 0 aromatic heterocycles. The van der Waals surface area contributed by atoms with Gasteiger partial charge in [-0.3, -0.25) is 0 Å².